The van der Waals surface area contributed by atoms with Crippen molar-refractivity contribution in [2.24, 2.45) is 7.05 Å². The number of nitrogens with one attached hydrogen (secondary N) is 2. The lowest BCUT2D eigenvalue weighted by molar-refractivity contribution is -0.114. The molecule has 0 radical (unpaired) electrons. The number of aryl methyl sites for hydroxylation is 1. The van der Waals surface area contributed by atoms with Gasteiger partial charge in [0, 0.05) is 42.4 Å². The number of hydrogen-bond acceptors (Lipinski definition) is 4. The molecule has 0 saturated heterocycles. The van der Waals surface area contributed by atoms with Gasteiger partial charge < -0.3 is 20.1 Å². The molecule has 21 heavy (non-hydrogen) atoms. The first-order valence-electron chi connectivity index (χ1n) is 6.66. The average molecular weight is 287 g/mol. The van der Waals surface area contributed by atoms with Crippen LogP contribution in [0.2, 0.25) is 0 Å². The topological polar surface area (TPSA) is 86.5 Å². The van der Waals surface area contributed by atoms with E-state index in [1.54, 1.807) is 6.08 Å². The average Bonchev–Trinajstić information content (AvgIpc) is 2.89. The molecule has 4 N–H and O–H groups in total. The van der Waals surface area contributed by atoms with Gasteiger partial charge in [-0.05, 0) is 18.2 Å². The standard InChI is InChI=1S/C15H17N3O3/c1-8(19)16-9-3-4-10-12(7-18(2)13(10)5-9)11-6-14(20)17-15(11)21/h3-7,14-15,17,20-21H,1-2H3,(H,16,19). The fraction of sp³-hybridized carbons (Fsp3) is 0.267. The predicted octanol–water partition coefficient (Wildman–Crippen LogP) is 0.760. The molecule has 1 aliphatic rings. The first-order chi connectivity index (χ1) is 9.95. The molecule has 1 aromatic carbocycles. The Labute approximate surface area is 121 Å². The summed E-state index contributed by atoms with van der Waals surface area (Å²) in [5.41, 5.74) is 3.17. The Bertz CT molecular complexity index is 748. The minimum absolute atomic E-state index is 0.120. The van der Waals surface area contributed by atoms with Gasteiger partial charge in [0.1, 0.15) is 12.5 Å². The van der Waals surface area contributed by atoms with Gasteiger partial charge in [-0.1, -0.05) is 6.07 Å². The van der Waals surface area contributed by atoms with E-state index in [1.807, 2.05) is 36.0 Å². The molecule has 3 rings (SSSR count). The van der Waals surface area contributed by atoms with E-state index in [4.69, 9.17) is 0 Å². The van der Waals surface area contributed by atoms with E-state index in [-0.39, 0.29) is 5.91 Å². The summed E-state index contributed by atoms with van der Waals surface area (Å²) in [6, 6.07) is 5.60. The largest absolute Gasteiger partial charge is 0.375 e. The van der Waals surface area contributed by atoms with Gasteiger partial charge in [-0.25, -0.2) is 0 Å². The van der Waals surface area contributed by atoms with Crippen LogP contribution >= 0.6 is 0 Å². The van der Waals surface area contributed by atoms with E-state index in [0.29, 0.717) is 5.57 Å². The van der Waals surface area contributed by atoms with Gasteiger partial charge in [-0.3, -0.25) is 10.1 Å². The van der Waals surface area contributed by atoms with Crippen molar-refractivity contribution >= 4 is 28.1 Å². The van der Waals surface area contributed by atoms with Crippen molar-refractivity contribution in [3.63, 3.8) is 0 Å². The number of carbonyl (C=O) groups is 1. The van der Waals surface area contributed by atoms with Crippen molar-refractivity contribution in [1.82, 2.24) is 9.88 Å². The highest BCUT2D eigenvalue weighted by Gasteiger charge is 2.25. The Morgan fingerprint density at radius 2 is 2.14 bits per heavy atom. The van der Waals surface area contributed by atoms with Crippen molar-refractivity contribution in [1.29, 1.82) is 0 Å². The summed E-state index contributed by atoms with van der Waals surface area (Å²) < 4.78 is 1.92. The van der Waals surface area contributed by atoms with E-state index in [1.165, 1.54) is 6.92 Å². The SMILES string of the molecule is CC(=O)Nc1ccc2c(C3=CC(O)NC3O)cn(C)c2c1. The molecule has 1 amide bonds. The molecule has 2 aromatic rings. The van der Waals surface area contributed by atoms with Gasteiger partial charge in [0.05, 0.1) is 5.52 Å². The van der Waals surface area contributed by atoms with Gasteiger partial charge in [-0.15, -0.1) is 0 Å². The molecule has 110 valence electrons. The number of aliphatic hydroxyl groups excluding tert-OH is 2. The lowest BCUT2D eigenvalue weighted by Crippen LogP contribution is -2.30. The van der Waals surface area contributed by atoms with Crippen molar-refractivity contribution < 1.29 is 15.0 Å². The molecule has 0 aliphatic carbocycles. The molecule has 0 spiro atoms. The van der Waals surface area contributed by atoms with E-state index in [2.05, 4.69) is 10.6 Å². The molecule has 2 atom stereocenters. The zero-order valence-corrected chi connectivity index (χ0v) is 11.8. The molecule has 2 heterocycles. The molecule has 2 unspecified atom stereocenters. The van der Waals surface area contributed by atoms with Gasteiger partial charge in [0.2, 0.25) is 5.91 Å². The number of fused-ring (bicyclic) bond motifs is 1. The summed E-state index contributed by atoms with van der Waals surface area (Å²) in [5.74, 6) is -0.120. The minimum Gasteiger partial charge on any atom is -0.375 e. The van der Waals surface area contributed by atoms with E-state index < -0.39 is 12.5 Å². The second kappa shape index (κ2) is 5.00. The van der Waals surface area contributed by atoms with Crippen LogP contribution in [-0.2, 0) is 11.8 Å². The number of anilines is 1. The van der Waals surface area contributed by atoms with Gasteiger partial charge in [0.15, 0.2) is 0 Å². The fourth-order valence-electron chi connectivity index (χ4n) is 2.69. The third kappa shape index (κ3) is 2.44. The van der Waals surface area contributed by atoms with Crippen LogP contribution in [0.3, 0.4) is 0 Å². The van der Waals surface area contributed by atoms with E-state index in [9.17, 15) is 15.0 Å². The summed E-state index contributed by atoms with van der Waals surface area (Å²) in [7, 11) is 1.90. The van der Waals surface area contributed by atoms with Crippen LogP contribution in [0.5, 0.6) is 0 Å². The Morgan fingerprint density at radius 3 is 2.76 bits per heavy atom. The highest BCUT2D eigenvalue weighted by molar-refractivity contribution is 5.98. The summed E-state index contributed by atoms with van der Waals surface area (Å²) in [6.07, 6.45) is 1.77. The van der Waals surface area contributed by atoms with Crippen molar-refractivity contribution in [3.8, 4) is 0 Å². The van der Waals surface area contributed by atoms with Gasteiger partial charge >= 0.3 is 0 Å². The zero-order valence-electron chi connectivity index (χ0n) is 11.8. The Balaban J connectivity index is 2.10. The smallest absolute Gasteiger partial charge is 0.221 e. The zero-order chi connectivity index (χ0) is 15.1. The number of nitrogens with zero attached hydrogens (tertiary/aromatic N) is 1. The fourth-order valence-corrected chi connectivity index (χ4v) is 2.69. The molecular weight excluding hydrogens is 270 g/mol. The van der Waals surface area contributed by atoms with Crippen LogP contribution in [0.15, 0.2) is 30.5 Å². The molecular formula is C15H17N3O3. The molecule has 6 nitrogen and oxygen atoms in total. The Hall–Kier alpha value is -2.15. The lowest BCUT2D eigenvalue weighted by atomic mass is 10.0. The summed E-state index contributed by atoms with van der Waals surface area (Å²) in [5, 5.41) is 25.8. The predicted molar refractivity (Wildman–Crippen MR) is 80.3 cm³/mol. The molecule has 0 bridgehead atoms. The summed E-state index contributed by atoms with van der Waals surface area (Å²) >= 11 is 0. The summed E-state index contributed by atoms with van der Waals surface area (Å²) in [4.78, 5) is 11.1. The maximum atomic E-state index is 11.1. The monoisotopic (exact) mass is 287 g/mol. The highest BCUT2D eigenvalue weighted by atomic mass is 16.3. The number of benzene rings is 1. The second-order valence-corrected chi connectivity index (χ2v) is 5.20. The molecule has 6 heteroatoms. The number of aliphatic hydroxyl groups is 2. The minimum atomic E-state index is -0.888. The van der Waals surface area contributed by atoms with E-state index >= 15 is 0 Å². The van der Waals surface area contributed by atoms with Crippen LogP contribution in [0.1, 0.15) is 12.5 Å². The Kier molecular flexibility index (Phi) is 3.29. The van der Waals surface area contributed by atoms with Gasteiger partial charge in [-0.2, -0.15) is 0 Å². The first kappa shape index (κ1) is 13.8. The second-order valence-electron chi connectivity index (χ2n) is 5.20. The normalized spacial score (nSPS) is 21.6. The third-order valence-electron chi connectivity index (χ3n) is 3.58. The lowest BCUT2D eigenvalue weighted by Gasteiger charge is -2.08. The first-order valence-corrected chi connectivity index (χ1v) is 6.66. The van der Waals surface area contributed by atoms with Crippen molar-refractivity contribution in [2.45, 2.75) is 19.4 Å². The van der Waals surface area contributed by atoms with Crippen LogP contribution in [0.4, 0.5) is 5.69 Å². The van der Waals surface area contributed by atoms with Crippen molar-refractivity contribution in [2.75, 3.05) is 5.32 Å². The molecule has 1 aliphatic heterocycles. The van der Waals surface area contributed by atoms with Crippen molar-refractivity contribution in [3.05, 3.63) is 36.0 Å². The molecule has 0 saturated carbocycles. The Morgan fingerprint density at radius 1 is 1.38 bits per heavy atom. The van der Waals surface area contributed by atoms with E-state index in [0.717, 1.165) is 22.2 Å². The number of aromatic nitrogens is 1. The van der Waals surface area contributed by atoms with Gasteiger partial charge in [0.25, 0.3) is 0 Å². The number of rotatable bonds is 2. The third-order valence-corrected chi connectivity index (χ3v) is 3.58. The maximum absolute atomic E-state index is 11.1. The summed E-state index contributed by atoms with van der Waals surface area (Å²) in [6.45, 7) is 1.47. The quantitative estimate of drug-likeness (QED) is 0.657. The maximum Gasteiger partial charge on any atom is 0.221 e. The highest BCUT2D eigenvalue weighted by Crippen LogP contribution is 2.32. The number of carbonyl (C=O) groups excluding carboxylic acids is 1. The number of amides is 1. The number of hydrogen-bond donors (Lipinski definition) is 4. The molecule has 0 fully saturated rings. The van der Waals surface area contributed by atoms with Crippen LogP contribution in [0.25, 0.3) is 16.5 Å². The van der Waals surface area contributed by atoms with Crippen LogP contribution in [-0.4, -0.2) is 33.1 Å². The van der Waals surface area contributed by atoms with Crippen LogP contribution in [0, 0.1) is 0 Å². The van der Waals surface area contributed by atoms with Crippen LogP contribution < -0.4 is 10.6 Å². The molecule has 1 aromatic heterocycles.